The van der Waals surface area contributed by atoms with Crippen molar-refractivity contribution >= 4 is 9.84 Å². The number of aryl methyl sites for hydroxylation is 2. The van der Waals surface area contributed by atoms with E-state index < -0.39 is 15.4 Å². The van der Waals surface area contributed by atoms with Crippen LogP contribution in [0.4, 0.5) is 0 Å². The molecular formula is C15H23NO2S. The highest BCUT2D eigenvalue weighted by atomic mass is 32.2. The molecule has 0 saturated carbocycles. The molecule has 1 atom stereocenters. The normalized spacial score (nSPS) is 18.7. The number of hydrogen-bond acceptors (Lipinski definition) is 3. The first-order chi connectivity index (χ1) is 8.78. The Morgan fingerprint density at radius 2 is 1.84 bits per heavy atom. The van der Waals surface area contributed by atoms with Crippen molar-refractivity contribution in [1.29, 1.82) is 0 Å². The molecule has 0 fully saturated rings. The summed E-state index contributed by atoms with van der Waals surface area (Å²) in [5.74, 6) is 0.136. The van der Waals surface area contributed by atoms with Gasteiger partial charge >= 0.3 is 0 Å². The van der Waals surface area contributed by atoms with E-state index in [0.29, 0.717) is 6.42 Å². The predicted octanol–water partition coefficient (Wildman–Crippen LogP) is 2.17. The molecule has 2 rings (SSSR count). The lowest BCUT2D eigenvalue weighted by Crippen LogP contribution is -2.35. The van der Waals surface area contributed by atoms with E-state index in [1.807, 2.05) is 6.92 Å². The van der Waals surface area contributed by atoms with Crippen LogP contribution in [0.5, 0.6) is 0 Å². The molecule has 2 N–H and O–H groups in total. The molecule has 1 aromatic carbocycles. The molecule has 1 aromatic rings. The number of hydrogen-bond donors (Lipinski definition) is 1. The number of sulfone groups is 1. The zero-order valence-electron chi connectivity index (χ0n) is 11.8. The van der Waals surface area contributed by atoms with Crippen LogP contribution in [0.3, 0.4) is 0 Å². The number of rotatable bonds is 4. The van der Waals surface area contributed by atoms with Crippen molar-refractivity contribution in [2.75, 3.05) is 12.0 Å². The van der Waals surface area contributed by atoms with E-state index in [2.05, 4.69) is 18.2 Å². The van der Waals surface area contributed by atoms with Gasteiger partial charge in [0.25, 0.3) is 0 Å². The van der Waals surface area contributed by atoms with Crippen molar-refractivity contribution in [3.8, 4) is 0 Å². The van der Waals surface area contributed by atoms with Crippen LogP contribution < -0.4 is 5.73 Å². The van der Waals surface area contributed by atoms with Gasteiger partial charge in [-0.25, -0.2) is 8.42 Å². The lowest BCUT2D eigenvalue weighted by Gasteiger charge is -2.27. The van der Waals surface area contributed by atoms with E-state index in [1.54, 1.807) is 0 Å². The highest BCUT2D eigenvalue weighted by Crippen LogP contribution is 2.28. The van der Waals surface area contributed by atoms with Crippen LogP contribution in [-0.2, 0) is 28.2 Å². The van der Waals surface area contributed by atoms with Crippen LogP contribution in [0, 0.1) is 0 Å². The first-order valence-corrected chi connectivity index (χ1v) is 8.93. The van der Waals surface area contributed by atoms with Crippen molar-refractivity contribution in [2.45, 2.75) is 44.6 Å². The van der Waals surface area contributed by atoms with Gasteiger partial charge in [-0.3, -0.25) is 0 Å². The monoisotopic (exact) mass is 281 g/mol. The fraction of sp³-hybridized carbons (Fsp3) is 0.600. The average molecular weight is 281 g/mol. The van der Waals surface area contributed by atoms with Gasteiger partial charge in [-0.2, -0.15) is 0 Å². The number of fused-ring (bicyclic) bond motifs is 1. The van der Waals surface area contributed by atoms with Gasteiger partial charge in [-0.1, -0.05) is 18.2 Å². The minimum Gasteiger partial charge on any atom is -0.322 e. The topological polar surface area (TPSA) is 60.2 Å². The van der Waals surface area contributed by atoms with E-state index in [-0.39, 0.29) is 5.75 Å². The molecule has 1 aliphatic carbocycles. The molecule has 3 nitrogen and oxygen atoms in total. The summed E-state index contributed by atoms with van der Waals surface area (Å²) >= 11 is 0. The maximum Gasteiger partial charge on any atom is 0.147 e. The van der Waals surface area contributed by atoms with Gasteiger partial charge in [0, 0.05) is 11.8 Å². The van der Waals surface area contributed by atoms with Crippen LogP contribution in [0.1, 0.15) is 42.9 Å². The minimum atomic E-state index is -2.96. The third-order valence-electron chi connectivity index (χ3n) is 4.00. The Balaban J connectivity index is 2.20. The molecule has 0 radical (unpaired) electrons. The third-order valence-corrected chi connectivity index (χ3v) is 4.95. The van der Waals surface area contributed by atoms with Gasteiger partial charge in [0.15, 0.2) is 0 Å². The maximum absolute atomic E-state index is 11.3. The van der Waals surface area contributed by atoms with Gasteiger partial charge in [0.2, 0.25) is 0 Å². The van der Waals surface area contributed by atoms with Crippen LogP contribution in [0.2, 0.25) is 0 Å². The van der Waals surface area contributed by atoms with Gasteiger partial charge in [0.1, 0.15) is 9.84 Å². The Hall–Kier alpha value is -0.870. The van der Waals surface area contributed by atoms with Crippen LogP contribution in [-0.4, -0.2) is 20.4 Å². The van der Waals surface area contributed by atoms with Gasteiger partial charge < -0.3 is 5.73 Å². The molecule has 0 amide bonds. The van der Waals surface area contributed by atoms with Crippen molar-refractivity contribution < 1.29 is 8.42 Å². The Labute approximate surface area is 116 Å². The number of benzene rings is 1. The van der Waals surface area contributed by atoms with E-state index >= 15 is 0 Å². The first kappa shape index (κ1) is 14.5. The second-order valence-corrected chi connectivity index (χ2v) is 8.25. The summed E-state index contributed by atoms with van der Waals surface area (Å²) in [5, 5.41) is 0. The molecular weight excluding hydrogens is 258 g/mol. The average Bonchev–Trinajstić information content (AvgIpc) is 2.35. The summed E-state index contributed by atoms with van der Waals surface area (Å²) < 4.78 is 22.6. The third kappa shape index (κ3) is 3.80. The molecule has 4 heteroatoms. The van der Waals surface area contributed by atoms with Crippen LogP contribution in [0.25, 0.3) is 0 Å². The zero-order valence-corrected chi connectivity index (χ0v) is 12.6. The van der Waals surface area contributed by atoms with Crippen molar-refractivity contribution in [3.05, 3.63) is 34.9 Å². The summed E-state index contributed by atoms with van der Waals surface area (Å²) in [6.45, 7) is 1.92. The Morgan fingerprint density at radius 3 is 2.47 bits per heavy atom. The second kappa shape index (κ2) is 5.25. The molecule has 0 aliphatic heterocycles. The molecule has 0 spiro atoms. The number of nitrogens with two attached hydrogens (primary N) is 1. The summed E-state index contributed by atoms with van der Waals surface area (Å²) in [7, 11) is -2.96. The maximum atomic E-state index is 11.3. The molecule has 19 heavy (non-hydrogen) atoms. The molecule has 0 aromatic heterocycles. The fourth-order valence-corrected chi connectivity index (χ4v) is 3.43. The van der Waals surface area contributed by atoms with E-state index in [1.165, 1.54) is 30.2 Å². The summed E-state index contributed by atoms with van der Waals surface area (Å²) in [6.07, 6.45) is 6.49. The van der Waals surface area contributed by atoms with Crippen molar-refractivity contribution in [1.82, 2.24) is 0 Å². The fourth-order valence-electron chi connectivity index (χ4n) is 2.63. The molecule has 1 aliphatic rings. The molecule has 0 bridgehead atoms. The summed E-state index contributed by atoms with van der Waals surface area (Å²) in [5.41, 5.74) is 9.61. The highest BCUT2D eigenvalue weighted by Gasteiger charge is 2.24. The van der Waals surface area contributed by atoms with Crippen molar-refractivity contribution in [3.63, 3.8) is 0 Å². The standard InChI is InChI=1S/C15H23NO2S/c1-15(16,9-10-19(2,17)18)14-8-7-12-5-3-4-6-13(12)11-14/h7-8,11H,3-6,9-10,16H2,1-2H3. The second-order valence-electron chi connectivity index (χ2n) is 5.99. The quantitative estimate of drug-likeness (QED) is 0.920. The van der Waals surface area contributed by atoms with E-state index in [9.17, 15) is 8.42 Å². The SMILES string of the molecule is CC(N)(CCS(C)(=O)=O)c1ccc2c(c1)CCCC2. The van der Waals surface area contributed by atoms with Gasteiger partial charge in [0.05, 0.1) is 5.75 Å². The molecule has 1 unspecified atom stereocenters. The zero-order chi connectivity index (χ0) is 14.1. The summed E-state index contributed by atoms with van der Waals surface area (Å²) in [4.78, 5) is 0. The Kier molecular flexibility index (Phi) is 4.02. The predicted molar refractivity (Wildman–Crippen MR) is 79.0 cm³/mol. The molecule has 0 heterocycles. The lowest BCUT2D eigenvalue weighted by molar-refractivity contribution is 0.472. The highest BCUT2D eigenvalue weighted by molar-refractivity contribution is 7.90. The lowest BCUT2D eigenvalue weighted by atomic mass is 9.84. The van der Waals surface area contributed by atoms with Gasteiger partial charge in [-0.05, 0) is 55.7 Å². The Bertz CT molecular complexity index is 562. The van der Waals surface area contributed by atoms with Crippen LogP contribution >= 0.6 is 0 Å². The largest absolute Gasteiger partial charge is 0.322 e. The van der Waals surface area contributed by atoms with Gasteiger partial charge in [-0.15, -0.1) is 0 Å². The van der Waals surface area contributed by atoms with E-state index in [0.717, 1.165) is 18.4 Å². The Morgan fingerprint density at radius 1 is 1.21 bits per heavy atom. The van der Waals surface area contributed by atoms with E-state index in [4.69, 9.17) is 5.73 Å². The molecule has 0 saturated heterocycles. The van der Waals surface area contributed by atoms with Crippen molar-refractivity contribution in [2.24, 2.45) is 5.73 Å². The smallest absolute Gasteiger partial charge is 0.147 e. The van der Waals surface area contributed by atoms with Crippen LogP contribution in [0.15, 0.2) is 18.2 Å². The summed E-state index contributed by atoms with van der Waals surface area (Å²) in [6, 6.07) is 6.40. The molecule has 106 valence electrons. The first-order valence-electron chi connectivity index (χ1n) is 6.87. The minimum absolute atomic E-state index is 0.136.